The zero-order valence-electron chi connectivity index (χ0n) is 14.0. The molecule has 0 unspecified atom stereocenters. The predicted octanol–water partition coefficient (Wildman–Crippen LogP) is 3.31. The normalized spacial score (nSPS) is 10.8. The molecule has 0 radical (unpaired) electrons. The van der Waals surface area contributed by atoms with Gasteiger partial charge in [0, 0.05) is 24.7 Å². The van der Waals surface area contributed by atoms with Crippen molar-refractivity contribution in [1.82, 2.24) is 9.97 Å². The van der Waals surface area contributed by atoms with Gasteiger partial charge >= 0.3 is 4.87 Å². The molecule has 0 saturated heterocycles. The highest BCUT2D eigenvalue weighted by Gasteiger charge is 2.07. The first-order valence-electron chi connectivity index (χ1n) is 8.20. The monoisotopic (exact) mass is 356 g/mol. The van der Waals surface area contributed by atoms with E-state index < -0.39 is 0 Å². The van der Waals surface area contributed by atoms with E-state index in [2.05, 4.69) is 23.0 Å². The third-order valence-electron chi connectivity index (χ3n) is 3.90. The van der Waals surface area contributed by atoms with E-state index >= 15 is 0 Å². The van der Waals surface area contributed by atoms with Crippen molar-refractivity contribution in [2.24, 2.45) is 0 Å². The lowest BCUT2D eigenvalue weighted by molar-refractivity contribution is 0.320. The molecule has 0 aliphatic rings. The van der Waals surface area contributed by atoms with Crippen LogP contribution in [0, 0.1) is 0 Å². The fraction of sp³-hybridized carbons (Fsp3) is 0.263. The third kappa shape index (κ3) is 4.70. The summed E-state index contributed by atoms with van der Waals surface area (Å²) < 4.78 is 5.77. The Bertz CT molecular complexity index is 884. The minimum absolute atomic E-state index is 0.0443. The number of aromatic hydroxyl groups is 1. The highest BCUT2D eigenvalue weighted by molar-refractivity contribution is 7.09. The van der Waals surface area contributed by atoms with Crippen LogP contribution < -0.4 is 9.61 Å². The van der Waals surface area contributed by atoms with Gasteiger partial charge in [-0.15, -0.1) is 0 Å². The maximum Gasteiger partial charge on any atom is 0.307 e. The van der Waals surface area contributed by atoms with Crippen molar-refractivity contribution in [2.75, 3.05) is 6.61 Å². The number of pyridine rings is 1. The highest BCUT2D eigenvalue weighted by Crippen LogP contribution is 2.21. The first-order valence-corrected chi connectivity index (χ1v) is 9.02. The second kappa shape index (κ2) is 7.98. The van der Waals surface area contributed by atoms with Crippen LogP contribution in [0.25, 0.3) is 0 Å². The molecule has 5 nitrogen and oxygen atoms in total. The van der Waals surface area contributed by atoms with Gasteiger partial charge in [-0.1, -0.05) is 30.4 Å². The molecular weight excluding hydrogens is 336 g/mol. The molecule has 0 spiro atoms. The van der Waals surface area contributed by atoms with E-state index in [1.54, 1.807) is 0 Å². The lowest BCUT2D eigenvalue weighted by atomic mass is 10.1. The van der Waals surface area contributed by atoms with Crippen LogP contribution in [0.1, 0.15) is 28.6 Å². The van der Waals surface area contributed by atoms with E-state index in [0.29, 0.717) is 17.9 Å². The van der Waals surface area contributed by atoms with Crippen LogP contribution in [0.5, 0.6) is 11.6 Å². The first kappa shape index (κ1) is 17.2. The minimum atomic E-state index is -0.242. The molecule has 0 amide bonds. The van der Waals surface area contributed by atoms with E-state index in [1.165, 1.54) is 5.56 Å². The van der Waals surface area contributed by atoms with Crippen molar-refractivity contribution in [3.05, 3.63) is 74.0 Å². The molecule has 3 aromatic rings. The highest BCUT2D eigenvalue weighted by atomic mass is 32.1. The fourth-order valence-corrected chi connectivity index (χ4v) is 3.28. The molecule has 0 atom stereocenters. The maximum atomic E-state index is 11.2. The number of benzene rings is 1. The molecule has 0 aliphatic heterocycles. The van der Waals surface area contributed by atoms with Gasteiger partial charge in [0.25, 0.3) is 0 Å². The summed E-state index contributed by atoms with van der Waals surface area (Å²) >= 11 is 1.03. The molecule has 3 rings (SSSR count). The molecular formula is C19H20N2O3S. The molecule has 0 aliphatic carbocycles. The Morgan fingerprint density at radius 3 is 2.68 bits per heavy atom. The Morgan fingerprint density at radius 2 is 2.00 bits per heavy atom. The molecule has 130 valence electrons. The van der Waals surface area contributed by atoms with E-state index in [-0.39, 0.29) is 10.8 Å². The van der Waals surface area contributed by atoms with Crippen molar-refractivity contribution in [3.8, 4) is 11.6 Å². The van der Waals surface area contributed by atoms with Crippen molar-refractivity contribution in [1.29, 1.82) is 0 Å². The standard InChI is InChI=1S/C19H20N2O3S/c1-2-13-7-9-20-15(11-13)8-10-24-16-5-3-14(4-6-16)12-17-18(22)21-19(23)25-17/h3-7,9,11,22H,2,8,10,12H2,1H3,(H,21,23). The lowest BCUT2D eigenvalue weighted by Crippen LogP contribution is -2.03. The molecule has 1 aromatic carbocycles. The molecule has 0 bridgehead atoms. The van der Waals surface area contributed by atoms with Gasteiger partial charge in [-0.2, -0.15) is 0 Å². The molecule has 0 saturated carbocycles. The summed E-state index contributed by atoms with van der Waals surface area (Å²) in [5, 5.41) is 9.63. The van der Waals surface area contributed by atoms with Crippen molar-refractivity contribution < 1.29 is 9.84 Å². The lowest BCUT2D eigenvalue weighted by Gasteiger charge is -2.07. The average Bonchev–Trinajstić information content (AvgIpc) is 2.94. The Balaban J connectivity index is 1.53. The summed E-state index contributed by atoms with van der Waals surface area (Å²) in [6.07, 6.45) is 4.13. The summed E-state index contributed by atoms with van der Waals surface area (Å²) in [6, 6.07) is 11.8. The van der Waals surface area contributed by atoms with Gasteiger partial charge < -0.3 is 9.84 Å². The summed E-state index contributed by atoms with van der Waals surface area (Å²) in [4.78, 5) is 18.3. The Kier molecular flexibility index (Phi) is 5.50. The number of H-pyrrole nitrogens is 1. The molecule has 2 heterocycles. The van der Waals surface area contributed by atoms with Crippen molar-refractivity contribution >= 4 is 11.3 Å². The Morgan fingerprint density at radius 1 is 1.20 bits per heavy atom. The summed E-state index contributed by atoms with van der Waals surface area (Å²) in [6.45, 7) is 2.70. The number of hydrogen-bond acceptors (Lipinski definition) is 5. The molecule has 25 heavy (non-hydrogen) atoms. The Labute approximate surface area is 150 Å². The van der Waals surface area contributed by atoms with Crippen molar-refractivity contribution in [2.45, 2.75) is 26.2 Å². The number of aromatic nitrogens is 2. The van der Waals surface area contributed by atoms with Gasteiger partial charge in [-0.05, 0) is 41.8 Å². The fourth-order valence-electron chi connectivity index (χ4n) is 2.52. The second-order valence-electron chi connectivity index (χ2n) is 5.71. The van der Waals surface area contributed by atoms with Gasteiger partial charge in [-0.3, -0.25) is 14.8 Å². The van der Waals surface area contributed by atoms with Crippen LogP contribution in [0.15, 0.2) is 47.4 Å². The summed E-state index contributed by atoms with van der Waals surface area (Å²) in [5.41, 5.74) is 3.33. The number of ether oxygens (including phenoxy) is 1. The van der Waals surface area contributed by atoms with Crippen LogP contribution in [0.2, 0.25) is 0 Å². The predicted molar refractivity (Wildman–Crippen MR) is 98.7 cm³/mol. The topological polar surface area (TPSA) is 75.2 Å². The summed E-state index contributed by atoms with van der Waals surface area (Å²) in [5.74, 6) is 0.749. The molecule has 2 aromatic heterocycles. The first-order chi connectivity index (χ1) is 12.1. The third-order valence-corrected chi connectivity index (χ3v) is 4.78. The summed E-state index contributed by atoms with van der Waals surface area (Å²) in [7, 11) is 0. The zero-order chi connectivity index (χ0) is 17.6. The van der Waals surface area contributed by atoms with Crippen molar-refractivity contribution in [3.63, 3.8) is 0 Å². The van der Waals surface area contributed by atoms with E-state index in [9.17, 15) is 9.90 Å². The van der Waals surface area contributed by atoms with Crippen LogP contribution >= 0.6 is 11.3 Å². The Hall–Kier alpha value is -2.60. The number of nitrogens with one attached hydrogen (secondary N) is 1. The average molecular weight is 356 g/mol. The van der Waals surface area contributed by atoms with Crippen LogP contribution in [0.4, 0.5) is 0 Å². The van der Waals surface area contributed by atoms with Crippen LogP contribution in [0.3, 0.4) is 0 Å². The van der Waals surface area contributed by atoms with Crippen LogP contribution in [-0.2, 0) is 19.3 Å². The van der Waals surface area contributed by atoms with Gasteiger partial charge in [-0.25, -0.2) is 0 Å². The quantitative estimate of drug-likeness (QED) is 0.681. The van der Waals surface area contributed by atoms with E-state index in [0.717, 1.165) is 41.2 Å². The van der Waals surface area contributed by atoms with Gasteiger partial charge in [0.05, 0.1) is 11.5 Å². The number of nitrogens with zero attached hydrogens (tertiary/aromatic N) is 1. The molecule has 6 heteroatoms. The number of rotatable bonds is 7. The molecule has 2 N–H and O–H groups in total. The van der Waals surface area contributed by atoms with E-state index in [1.807, 2.05) is 36.5 Å². The SMILES string of the molecule is CCc1ccnc(CCOc2ccc(Cc3sc(=O)[nH]c3O)cc2)c1. The minimum Gasteiger partial charge on any atom is -0.494 e. The zero-order valence-corrected chi connectivity index (χ0v) is 14.8. The smallest absolute Gasteiger partial charge is 0.307 e. The van der Waals surface area contributed by atoms with Crippen LogP contribution in [-0.4, -0.2) is 21.7 Å². The number of aryl methyl sites for hydroxylation is 1. The number of hydrogen-bond donors (Lipinski definition) is 2. The molecule has 0 fully saturated rings. The maximum absolute atomic E-state index is 11.2. The van der Waals surface area contributed by atoms with E-state index in [4.69, 9.17) is 4.74 Å². The number of aromatic amines is 1. The number of thiazole rings is 1. The van der Waals surface area contributed by atoms with Gasteiger partial charge in [0.2, 0.25) is 5.88 Å². The largest absolute Gasteiger partial charge is 0.494 e. The van der Waals surface area contributed by atoms with Gasteiger partial charge in [0.15, 0.2) is 0 Å². The second-order valence-corrected chi connectivity index (χ2v) is 6.78. The van der Waals surface area contributed by atoms with Gasteiger partial charge in [0.1, 0.15) is 5.75 Å².